The highest BCUT2D eigenvalue weighted by Gasteiger charge is 2.37. The van der Waals surface area contributed by atoms with Crippen LogP contribution in [0, 0.1) is 5.82 Å². The van der Waals surface area contributed by atoms with Crippen LogP contribution in [-0.4, -0.2) is 17.8 Å². The van der Waals surface area contributed by atoms with Crippen LogP contribution in [0.25, 0.3) is 6.08 Å². The van der Waals surface area contributed by atoms with Gasteiger partial charge in [0.25, 0.3) is 11.8 Å². The van der Waals surface area contributed by atoms with Gasteiger partial charge in [-0.15, -0.1) is 0 Å². The molecule has 1 heterocycles. The molecule has 34 heavy (non-hydrogen) atoms. The molecule has 4 rings (SSSR count). The Hall–Kier alpha value is -3.39. The number of carbonyl (C=O) groups excluding carboxylic acids is 3. The highest BCUT2D eigenvalue weighted by atomic mass is 35.5. The van der Waals surface area contributed by atoms with Gasteiger partial charge in [0.15, 0.2) is 5.75 Å². The highest BCUT2D eigenvalue weighted by molar-refractivity contribution is 6.42. The number of nitrogens with one attached hydrogen (secondary N) is 1. The number of para-hydroxylation sites is 1. The number of amides is 4. The van der Waals surface area contributed by atoms with Crippen LogP contribution < -0.4 is 15.0 Å². The molecule has 4 amide bonds. The molecule has 0 spiro atoms. The number of imide groups is 2. The quantitative estimate of drug-likeness (QED) is 0.330. The summed E-state index contributed by atoms with van der Waals surface area (Å²) < 4.78 is 19.0. The van der Waals surface area contributed by atoms with Crippen LogP contribution >= 0.6 is 34.8 Å². The summed E-state index contributed by atoms with van der Waals surface area (Å²) in [6.45, 7) is 0.0213. The first-order chi connectivity index (χ1) is 16.2. The lowest BCUT2D eigenvalue weighted by atomic mass is 10.1. The van der Waals surface area contributed by atoms with Crippen LogP contribution in [0.15, 0.2) is 66.2 Å². The second-order valence-corrected chi connectivity index (χ2v) is 8.36. The van der Waals surface area contributed by atoms with Gasteiger partial charge in [0, 0.05) is 0 Å². The first kappa shape index (κ1) is 23.8. The summed E-state index contributed by atoms with van der Waals surface area (Å²) >= 11 is 18.7. The molecule has 0 aromatic heterocycles. The summed E-state index contributed by atoms with van der Waals surface area (Å²) in [6.07, 6.45) is 1.25. The van der Waals surface area contributed by atoms with Gasteiger partial charge in [-0.1, -0.05) is 59.1 Å². The topological polar surface area (TPSA) is 75.7 Å². The first-order valence-corrected chi connectivity index (χ1v) is 10.9. The molecular formula is C24H14Cl3FN2O4. The molecule has 0 aliphatic carbocycles. The van der Waals surface area contributed by atoms with E-state index in [1.165, 1.54) is 42.5 Å². The van der Waals surface area contributed by atoms with Gasteiger partial charge in [-0.25, -0.2) is 14.1 Å². The number of ether oxygens (including phenoxy) is 1. The summed E-state index contributed by atoms with van der Waals surface area (Å²) in [5.74, 6) is -1.99. The summed E-state index contributed by atoms with van der Waals surface area (Å²) in [5.41, 5.74) is 0.703. The van der Waals surface area contributed by atoms with Gasteiger partial charge in [-0.2, -0.15) is 0 Å². The second kappa shape index (κ2) is 9.85. The molecule has 1 saturated heterocycles. The number of carbonyl (C=O) groups is 3. The van der Waals surface area contributed by atoms with Gasteiger partial charge >= 0.3 is 6.03 Å². The Morgan fingerprint density at radius 3 is 2.29 bits per heavy atom. The normalized spacial score (nSPS) is 15.0. The van der Waals surface area contributed by atoms with Gasteiger partial charge in [-0.3, -0.25) is 14.9 Å². The van der Waals surface area contributed by atoms with E-state index >= 15 is 0 Å². The van der Waals surface area contributed by atoms with Crippen LogP contribution in [0.2, 0.25) is 15.1 Å². The van der Waals surface area contributed by atoms with Gasteiger partial charge < -0.3 is 4.74 Å². The molecule has 172 valence electrons. The SMILES string of the molecule is O=C1NC(=O)N(c2ccccc2Cl)C(=O)/C1=C/c1cc(Cl)c(OCc2cccc(F)c2)c(Cl)c1. The third-order valence-corrected chi connectivity index (χ3v) is 5.68. The fourth-order valence-electron chi connectivity index (χ4n) is 3.26. The minimum Gasteiger partial charge on any atom is -0.486 e. The van der Waals surface area contributed by atoms with Gasteiger partial charge in [0.1, 0.15) is 18.0 Å². The predicted molar refractivity (Wildman–Crippen MR) is 128 cm³/mol. The molecule has 3 aromatic carbocycles. The molecule has 0 unspecified atom stereocenters. The van der Waals surface area contributed by atoms with Crippen molar-refractivity contribution in [3.63, 3.8) is 0 Å². The van der Waals surface area contributed by atoms with Crippen LogP contribution in [-0.2, 0) is 16.2 Å². The van der Waals surface area contributed by atoms with Crippen molar-refractivity contribution in [3.05, 3.63) is 98.2 Å². The zero-order chi connectivity index (χ0) is 24.4. The number of rotatable bonds is 5. The standard InChI is InChI=1S/C24H14Cl3FN2O4/c25-17-6-1-2-7-20(17)30-23(32)16(22(31)29-24(30)33)9-14-10-18(26)21(19(27)11-14)34-12-13-4-3-5-15(28)8-13/h1-11H,12H2,(H,29,31,33)/b16-9+. The molecule has 6 nitrogen and oxygen atoms in total. The molecule has 0 saturated carbocycles. The molecule has 1 aliphatic heterocycles. The maximum Gasteiger partial charge on any atom is 0.335 e. The zero-order valence-electron chi connectivity index (χ0n) is 17.2. The van der Waals surface area contributed by atoms with Crippen LogP contribution in [0.4, 0.5) is 14.9 Å². The van der Waals surface area contributed by atoms with Crippen molar-refractivity contribution in [2.24, 2.45) is 0 Å². The Morgan fingerprint density at radius 2 is 1.62 bits per heavy atom. The zero-order valence-corrected chi connectivity index (χ0v) is 19.4. The Bertz CT molecular complexity index is 1340. The van der Waals surface area contributed by atoms with Crippen molar-refractivity contribution in [3.8, 4) is 5.75 Å². The van der Waals surface area contributed by atoms with Crippen molar-refractivity contribution < 1.29 is 23.5 Å². The number of urea groups is 1. The summed E-state index contributed by atoms with van der Waals surface area (Å²) in [5, 5.41) is 2.50. The van der Waals surface area contributed by atoms with E-state index in [-0.39, 0.29) is 38.7 Å². The minimum atomic E-state index is -0.919. The summed E-state index contributed by atoms with van der Waals surface area (Å²) in [7, 11) is 0. The average molecular weight is 520 g/mol. The number of barbiturate groups is 1. The van der Waals surface area contributed by atoms with E-state index in [0.717, 1.165) is 4.90 Å². The molecule has 1 N–H and O–H groups in total. The Kier molecular flexibility index (Phi) is 6.88. The van der Waals surface area contributed by atoms with Crippen molar-refractivity contribution in [2.75, 3.05) is 4.90 Å². The predicted octanol–water partition coefficient (Wildman–Crippen LogP) is 6.03. The van der Waals surface area contributed by atoms with Crippen molar-refractivity contribution in [1.82, 2.24) is 5.32 Å². The Labute approximate surface area is 208 Å². The van der Waals surface area contributed by atoms with Crippen molar-refractivity contribution in [2.45, 2.75) is 6.61 Å². The number of anilines is 1. The Balaban J connectivity index is 1.62. The lowest BCUT2D eigenvalue weighted by Crippen LogP contribution is -2.54. The molecule has 0 radical (unpaired) electrons. The van der Waals surface area contributed by atoms with Crippen molar-refractivity contribution >= 4 is 64.4 Å². The van der Waals surface area contributed by atoms with E-state index in [1.54, 1.807) is 24.3 Å². The second-order valence-electron chi connectivity index (χ2n) is 7.14. The summed E-state index contributed by atoms with van der Waals surface area (Å²) in [6, 6.07) is 14.1. The molecule has 1 fully saturated rings. The number of hydrogen-bond acceptors (Lipinski definition) is 4. The molecular weight excluding hydrogens is 506 g/mol. The highest BCUT2D eigenvalue weighted by Crippen LogP contribution is 2.36. The fraction of sp³-hybridized carbons (Fsp3) is 0.0417. The van der Waals surface area contributed by atoms with Gasteiger partial charge in [0.2, 0.25) is 0 Å². The number of nitrogens with zero attached hydrogens (tertiary/aromatic N) is 1. The van der Waals surface area contributed by atoms with E-state index in [9.17, 15) is 18.8 Å². The smallest absolute Gasteiger partial charge is 0.335 e. The third-order valence-electron chi connectivity index (χ3n) is 4.80. The van der Waals surface area contributed by atoms with Crippen molar-refractivity contribution in [1.29, 1.82) is 0 Å². The van der Waals surface area contributed by atoms with E-state index in [0.29, 0.717) is 11.1 Å². The molecule has 3 aromatic rings. The van der Waals surface area contributed by atoms with Crippen LogP contribution in [0.3, 0.4) is 0 Å². The van der Waals surface area contributed by atoms with Crippen LogP contribution in [0.5, 0.6) is 5.75 Å². The van der Waals surface area contributed by atoms with E-state index in [2.05, 4.69) is 5.32 Å². The van der Waals surface area contributed by atoms with Crippen LogP contribution in [0.1, 0.15) is 11.1 Å². The minimum absolute atomic E-state index is 0.0213. The fourth-order valence-corrected chi connectivity index (χ4v) is 4.09. The molecule has 1 aliphatic rings. The third kappa shape index (κ3) is 4.92. The number of hydrogen-bond donors (Lipinski definition) is 1. The lowest BCUT2D eigenvalue weighted by molar-refractivity contribution is -0.122. The Morgan fingerprint density at radius 1 is 0.912 bits per heavy atom. The van der Waals surface area contributed by atoms with E-state index < -0.39 is 23.7 Å². The number of halogens is 4. The van der Waals surface area contributed by atoms with E-state index in [4.69, 9.17) is 39.5 Å². The lowest BCUT2D eigenvalue weighted by Gasteiger charge is -2.27. The molecule has 10 heteroatoms. The molecule has 0 bridgehead atoms. The monoisotopic (exact) mass is 518 g/mol. The van der Waals surface area contributed by atoms with E-state index in [1.807, 2.05) is 0 Å². The summed E-state index contributed by atoms with van der Waals surface area (Å²) in [4.78, 5) is 38.5. The average Bonchev–Trinajstić information content (AvgIpc) is 2.77. The van der Waals surface area contributed by atoms with Gasteiger partial charge in [0.05, 0.1) is 20.8 Å². The molecule has 0 atom stereocenters. The number of benzene rings is 3. The largest absolute Gasteiger partial charge is 0.486 e. The maximum absolute atomic E-state index is 13.4. The maximum atomic E-state index is 13.4. The first-order valence-electron chi connectivity index (χ1n) is 9.77. The van der Waals surface area contributed by atoms with Gasteiger partial charge in [-0.05, 0) is 53.6 Å².